The molecule has 0 heterocycles. The van der Waals surface area contributed by atoms with E-state index in [0.717, 1.165) is 17.7 Å². The third-order valence-corrected chi connectivity index (χ3v) is 5.12. The van der Waals surface area contributed by atoms with Gasteiger partial charge >= 0.3 is 0 Å². The van der Waals surface area contributed by atoms with Gasteiger partial charge in [0.1, 0.15) is 0 Å². The van der Waals surface area contributed by atoms with Crippen molar-refractivity contribution in [2.45, 2.75) is 24.3 Å². The number of anilines is 1. The van der Waals surface area contributed by atoms with E-state index < -0.39 is 0 Å². The smallest absolute Gasteiger partial charge is 0.228 e. The van der Waals surface area contributed by atoms with Crippen LogP contribution in [0.3, 0.4) is 0 Å². The van der Waals surface area contributed by atoms with Crippen molar-refractivity contribution in [3.63, 3.8) is 0 Å². The third kappa shape index (κ3) is 4.21. The Morgan fingerprint density at radius 1 is 0.926 bits per heavy atom. The first kappa shape index (κ1) is 19.2. The highest BCUT2D eigenvalue weighted by atomic mass is 35.5. The predicted octanol–water partition coefficient (Wildman–Crippen LogP) is 4.63. The van der Waals surface area contributed by atoms with Crippen molar-refractivity contribution < 1.29 is 4.79 Å². The summed E-state index contributed by atoms with van der Waals surface area (Å²) in [6.45, 7) is 0. The van der Waals surface area contributed by atoms with Gasteiger partial charge in [0.05, 0.1) is 6.42 Å². The summed E-state index contributed by atoms with van der Waals surface area (Å²) in [5.74, 6) is 0.326. The van der Waals surface area contributed by atoms with Gasteiger partial charge in [-0.05, 0) is 35.2 Å². The minimum atomic E-state index is -0.265. The molecule has 4 heteroatoms. The predicted molar refractivity (Wildman–Crippen MR) is 112 cm³/mol. The van der Waals surface area contributed by atoms with Gasteiger partial charge in [-0.15, -0.1) is 12.4 Å². The summed E-state index contributed by atoms with van der Waals surface area (Å²) in [4.78, 5) is 12.2. The molecular weight excluding hydrogens is 356 g/mol. The number of amides is 1. The van der Waals surface area contributed by atoms with Crippen LogP contribution in [0.5, 0.6) is 0 Å². The van der Waals surface area contributed by atoms with Crippen LogP contribution in [0.2, 0.25) is 0 Å². The number of hydrogen-bond donors (Lipinski definition) is 2. The molecule has 1 fully saturated rings. The highest BCUT2D eigenvalue weighted by molar-refractivity contribution is 5.92. The Hall–Kier alpha value is -2.62. The Kier molecular flexibility index (Phi) is 5.64. The van der Waals surface area contributed by atoms with Gasteiger partial charge in [-0.25, -0.2) is 0 Å². The molecule has 1 saturated carbocycles. The largest absolute Gasteiger partial charge is 0.326 e. The molecule has 3 nitrogen and oxygen atoms in total. The van der Waals surface area contributed by atoms with Gasteiger partial charge in [-0.2, -0.15) is 0 Å². The normalized spacial score (nSPS) is 20.4. The quantitative estimate of drug-likeness (QED) is 0.680. The van der Waals surface area contributed by atoms with Gasteiger partial charge in [0.15, 0.2) is 0 Å². The topological polar surface area (TPSA) is 55.1 Å². The first-order valence-electron chi connectivity index (χ1n) is 8.93. The maximum atomic E-state index is 12.2. The highest BCUT2D eigenvalue weighted by Crippen LogP contribution is 2.56. The molecule has 3 aromatic carbocycles. The van der Waals surface area contributed by atoms with E-state index in [4.69, 9.17) is 5.73 Å². The second-order valence-corrected chi connectivity index (χ2v) is 7.00. The van der Waals surface area contributed by atoms with E-state index in [-0.39, 0.29) is 23.9 Å². The van der Waals surface area contributed by atoms with Crippen LogP contribution in [-0.4, -0.2) is 5.91 Å². The van der Waals surface area contributed by atoms with Gasteiger partial charge in [0.25, 0.3) is 0 Å². The average Bonchev–Trinajstić information content (AvgIpc) is 3.37. The molecule has 0 radical (unpaired) electrons. The standard InChI is InChI=1S/C23H22N2O.ClH/c24-23(19-9-5-2-6-10-19)16-21(23)18-11-13-20(14-12-18)25-22(26)15-17-7-3-1-4-8-17;/h1-14,21H,15-16,24H2,(H,25,26);1H/t21-,23+;/m0./s1. The van der Waals surface area contributed by atoms with Crippen molar-refractivity contribution in [2.24, 2.45) is 5.73 Å². The molecule has 0 saturated heterocycles. The Morgan fingerprint density at radius 3 is 2.15 bits per heavy atom. The molecule has 4 rings (SSSR count). The van der Waals surface area contributed by atoms with Crippen LogP contribution in [0, 0.1) is 0 Å². The van der Waals surface area contributed by atoms with Crippen molar-refractivity contribution in [2.75, 3.05) is 5.32 Å². The molecule has 138 valence electrons. The first-order chi connectivity index (χ1) is 12.6. The molecule has 0 bridgehead atoms. The zero-order chi connectivity index (χ0) is 18.0. The van der Waals surface area contributed by atoms with Gasteiger partial charge in [0, 0.05) is 17.1 Å². The lowest BCUT2D eigenvalue weighted by molar-refractivity contribution is -0.115. The highest BCUT2D eigenvalue weighted by Gasteiger charge is 2.52. The van der Waals surface area contributed by atoms with Crippen LogP contribution in [0.4, 0.5) is 5.69 Å². The zero-order valence-electron chi connectivity index (χ0n) is 15.0. The number of nitrogens with one attached hydrogen (secondary N) is 1. The molecule has 27 heavy (non-hydrogen) atoms. The number of carbonyl (C=O) groups is 1. The molecule has 1 amide bonds. The van der Waals surface area contributed by atoms with Gasteiger partial charge in [0.2, 0.25) is 5.91 Å². The molecule has 3 N–H and O–H groups in total. The Labute approximate surface area is 166 Å². The van der Waals surface area contributed by atoms with Crippen molar-refractivity contribution in [1.82, 2.24) is 0 Å². The molecule has 3 aromatic rings. The summed E-state index contributed by atoms with van der Waals surface area (Å²) in [7, 11) is 0. The molecule has 0 spiro atoms. The Balaban J connectivity index is 0.00000210. The third-order valence-electron chi connectivity index (χ3n) is 5.12. The van der Waals surface area contributed by atoms with Gasteiger partial charge in [-0.1, -0.05) is 72.8 Å². The van der Waals surface area contributed by atoms with E-state index in [2.05, 4.69) is 29.6 Å². The van der Waals surface area contributed by atoms with Crippen molar-refractivity contribution in [3.05, 3.63) is 102 Å². The molecule has 1 aliphatic carbocycles. The van der Waals surface area contributed by atoms with Crippen molar-refractivity contribution in [3.8, 4) is 0 Å². The fourth-order valence-electron chi connectivity index (χ4n) is 3.55. The fourth-order valence-corrected chi connectivity index (χ4v) is 3.55. The number of rotatable bonds is 5. The summed E-state index contributed by atoms with van der Waals surface area (Å²) >= 11 is 0. The lowest BCUT2D eigenvalue weighted by Crippen LogP contribution is -2.21. The summed E-state index contributed by atoms with van der Waals surface area (Å²) in [5.41, 5.74) is 10.5. The summed E-state index contributed by atoms with van der Waals surface area (Å²) in [6.07, 6.45) is 1.34. The minimum absolute atomic E-state index is 0. The van der Waals surface area contributed by atoms with E-state index in [0.29, 0.717) is 12.3 Å². The number of halogens is 1. The molecule has 1 aliphatic rings. The SMILES string of the molecule is Cl.N[C@@]1(c2ccccc2)C[C@H]1c1ccc(NC(=O)Cc2ccccc2)cc1. The maximum Gasteiger partial charge on any atom is 0.228 e. The van der Waals surface area contributed by atoms with Crippen LogP contribution in [0.15, 0.2) is 84.9 Å². The van der Waals surface area contributed by atoms with Crippen LogP contribution >= 0.6 is 12.4 Å². The summed E-state index contributed by atoms with van der Waals surface area (Å²) in [5, 5.41) is 2.96. The maximum absolute atomic E-state index is 12.2. The fraction of sp³-hybridized carbons (Fsp3) is 0.174. The van der Waals surface area contributed by atoms with Gasteiger partial charge < -0.3 is 11.1 Å². The molecular formula is C23H23ClN2O. The van der Waals surface area contributed by atoms with Crippen LogP contribution < -0.4 is 11.1 Å². The van der Waals surface area contributed by atoms with Crippen LogP contribution in [0.1, 0.15) is 29.0 Å². The lowest BCUT2D eigenvalue weighted by atomic mass is 9.99. The molecule has 0 unspecified atom stereocenters. The zero-order valence-corrected chi connectivity index (χ0v) is 15.8. The first-order valence-corrected chi connectivity index (χ1v) is 8.93. The van der Waals surface area contributed by atoms with E-state index >= 15 is 0 Å². The molecule has 2 atom stereocenters. The Bertz CT molecular complexity index is 897. The van der Waals surface area contributed by atoms with Crippen molar-refractivity contribution >= 4 is 24.0 Å². The summed E-state index contributed by atoms with van der Waals surface area (Å²) in [6, 6.07) is 28.1. The van der Waals surface area contributed by atoms with E-state index in [1.54, 1.807) is 0 Å². The molecule has 0 aromatic heterocycles. The Morgan fingerprint density at radius 2 is 1.52 bits per heavy atom. The monoisotopic (exact) mass is 378 g/mol. The second kappa shape index (κ2) is 7.95. The second-order valence-electron chi connectivity index (χ2n) is 7.00. The number of hydrogen-bond acceptors (Lipinski definition) is 2. The number of benzene rings is 3. The van der Waals surface area contributed by atoms with E-state index in [1.807, 2.05) is 60.7 Å². The van der Waals surface area contributed by atoms with Gasteiger partial charge in [-0.3, -0.25) is 4.79 Å². The number of carbonyl (C=O) groups excluding carboxylic acids is 1. The lowest BCUT2D eigenvalue weighted by Gasteiger charge is -2.12. The van der Waals surface area contributed by atoms with Crippen LogP contribution in [-0.2, 0) is 16.8 Å². The summed E-state index contributed by atoms with van der Waals surface area (Å²) < 4.78 is 0. The minimum Gasteiger partial charge on any atom is -0.326 e. The average molecular weight is 379 g/mol. The van der Waals surface area contributed by atoms with E-state index in [9.17, 15) is 4.79 Å². The van der Waals surface area contributed by atoms with Crippen molar-refractivity contribution in [1.29, 1.82) is 0 Å². The number of nitrogens with two attached hydrogens (primary N) is 1. The molecule has 0 aliphatic heterocycles. The van der Waals surface area contributed by atoms with Crippen LogP contribution in [0.25, 0.3) is 0 Å². The van der Waals surface area contributed by atoms with E-state index in [1.165, 1.54) is 11.1 Å².